The normalized spacial score (nSPS) is 17.5. The van der Waals surface area contributed by atoms with E-state index in [-0.39, 0.29) is 5.91 Å². The first-order chi connectivity index (χ1) is 9.06. The van der Waals surface area contributed by atoms with E-state index in [0.29, 0.717) is 5.56 Å². The van der Waals surface area contributed by atoms with Gasteiger partial charge in [0, 0.05) is 4.47 Å². The molecule has 1 saturated carbocycles. The van der Waals surface area contributed by atoms with Crippen LogP contribution in [0.4, 0.5) is 0 Å². The van der Waals surface area contributed by atoms with Gasteiger partial charge in [-0.15, -0.1) is 0 Å². The fourth-order valence-electron chi connectivity index (χ4n) is 2.52. The Morgan fingerprint density at radius 2 is 2.05 bits per heavy atom. The Morgan fingerprint density at radius 1 is 1.37 bits per heavy atom. The number of nitriles is 1. The molecular weight excluding hydrogens is 304 g/mol. The Hall–Kier alpha value is -1.34. The van der Waals surface area contributed by atoms with E-state index in [0.717, 1.165) is 42.1 Å². The van der Waals surface area contributed by atoms with Gasteiger partial charge in [0.2, 0.25) is 0 Å². The molecule has 1 N–H and O–H groups in total. The highest BCUT2D eigenvalue weighted by Crippen LogP contribution is 2.28. The number of nitrogens with one attached hydrogen (secondary N) is 1. The number of amides is 1. The topological polar surface area (TPSA) is 52.9 Å². The zero-order chi connectivity index (χ0) is 13.9. The predicted octanol–water partition coefficient (Wildman–Crippen LogP) is 3.71. The lowest BCUT2D eigenvalue weighted by Crippen LogP contribution is -2.48. The van der Waals surface area contributed by atoms with E-state index in [1.165, 1.54) is 0 Å². The van der Waals surface area contributed by atoms with Gasteiger partial charge in [-0.2, -0.15) is 5.26 Å². The Labute approximate surface area is 122 Å². The van der Waals surface area contributed by atoms with Gasteiger partial charge in [-0.1, -0.05) is 30.9 Å². The highest BCUT2D eigenvalue weighted by molar-refractivity contribution is 9.10. The van der Waals surface area contributed by atoms with Crippen LogP contribution in [-0.4, -0.2) is 11.4 Å². The summed E-state index contributed by atoms with van der Waals surface area (Å²) in [4.78, 5) is 12.4. The molecule has 0 atom stereocenters. The van der Waals surface area contributed by atoms with Gasteiger partial charge in [0.15, 0.2) is 0 Å². The molecule has 0 radical (unpaired) electrons. The molecule has 4 heteroatoms. The number of halogens is 1. The van der Waals surface area contributed by atoms with Crippen molar-refractivity contribution in [3.05, 3.63) is 33.8 Å². The van der Waals surface area contributed by atoms with E-state index in [9.17, 15) is 10.1 Å². The number of benzene rings is 1. The van der Waals surface area contributed by atoms with Crippen molar-refractivity contribution in [1.29, 1.82) is 5.26 Å². The van der Waals surface area contributed by atoms with E-state index in [4.69, 9.17) is 0 Å². The molecule has 1 fully saturated rings. The molecule has 100 valence electrons. The van der Waals surface area contributed by atoms with Gasteiger partial charge in [-0.05, 0) is 47.8 Å². The molecular formula is C15H17BrN2O. The number of aryl methyl sites for hydroxylation is 1. The molecule has 2 rings (SSSR count). The average Bonchev–Trinajstić information content (AvgIpc) is 2.42. The van der Waals surface area contributed by atoms with Crippen LogP contribution < -0.4 is 5.32 Å². The summed E-state index contributed by atoms with van der Waals surface area (Å²) in [5, 5.41) is 12.3. The molecule has 0 saturated heterocycles. The average molecular weight is 321 g/mol. The summed E-state index contributed by atoms with van der Waals surface area (Å²) >= 11 is 3.39. The molecule has 0 aromatic heterocycles. The molecule has 0 heterocycles. The highest BCUT2D eigenvalue weighted by Gasteiger charge is 2.34. The van der Waals surface area contributed by atoms with Crippen molar-refractivity contribution < 1.29 is 4.79 Å². The maximum Gasteiger partial charge on any atom is 0.253 e. The summed E-state index contributed by atoms with van der Waals surface area (Å²) in [7, 11) is 0. The zero-order valence-corrected chi connectivity index (χ0v) is 12.6. The second-order valence-corrected chi connectivity index (χ2v) is 6.05. The van der Waals surface area contributed by atoms with Crippen molar-refractivity contribution >= 4 is 21.8 Å². The van der Waals surface area contributed by atoms with Gasteiger partial charge < -0.3 is 5.32 Å². The van der Waals surface area contributed by atoms with Crippen molar-refractivity contribution in [3.8, 4) is 6.07 Å². The summed E-state index contributed by atoms with van der Waals surface area (Å²) in [5.74, 6) is -0.168. The Bertz CT molecular complexity index is 527. The van der Waals surface area contributed by atoms with Gasteiger partial charge in [-0.3, -0.25) is 4.79 Å². The first-order valence-electron chi connectivity index (χ1n) is 6.56. The minimum absolute atomic E-state index is 0.168. The molecule has 0 aliphatic heterocycles. The largest absolute Gasteiger partial charge is 0.334 e. The summed E-state index contributed by atoms with van der Waals surface area (Å²) in [5.41, 5.74) is 0.946. The lowest BCUT2D eigenvalue weighted by Gasteiger charge is -2.31. The van der Waals surface area contributed by atoms with E-state index < -0.39 is 5.54 Å². The van der Waals surface area contributed by atoms with Crippen LogP contribution in [0.1, 0.15) is 48.0 Å². The van der Waals surface area contributed by atoms with E-state index >= 15 is 0 Å². The Balaban J connectivity index is 2.20. The van der Waals surface area contributed by atoms with E-state index in [2.05, 4.69) is 27.3 Å². The minimum Gasteiger partial charge on any atom is -0.334 e. The third-order valence-corrected chi connectivity index (χ3v) is 4.33. The van der Waals surface area contributed by atoms with Gasteiger partial charge in [0.05, 0.1) is 11.6 Å². The number of carbonyl (C=O) groups is 1. The van der Waals surface area contributed by atoms with Crippen LogP contribution >= 0.6 is 15.9 Å². The number of nitrogens with zero attached hydrogens (tertiary/aromatic N) is 1. The van der Waals surface area contributed by atoms with Gasteiger partial charge in [0.1, 0.15) is 5.54 Å². The van der Waals surface area contributed by atoms with E-state index in [1.807, 2.05) is 25.1 Å². The van der Waals surface area contributed by atoms with Crippen LogP contribution in [0.3, 0.4) is 0 Å². The van der Waals surface area contributed by atoms with Crippen molar-refractivity contribution in [2.24, 2.45) is 0 Å². The number of carbonyl (C=O) groups excluding carboxylic acids is 1. The van der Waals surface area contributed by atoms with Crippen molar-refractivity contribution in [2.75, 3.05) is 0 Å². The molecule has 1 aromatic rings. The predicted molar refractivity (Wildman–Crippen MR) is 77.8 cm³/mol. The van der Waals surface area contributed by atoms with Crippen LogP contribution in [0, 0.1) is 18.3 Å². The first-order valence-corrected chi connectivity index (χ1v) is 7.35. The Morgan fingerprint density at radius 3 is 2.68 bits per heavy atom. The minimum atomic E-state index is -0.682. The molecule has 1 amide bonds. The lowest BCUT2D eigenvalue weighted by atomic mass is 9.82. The molecule has 19 heavy (non-hydrogen) atoms. The van der Waals surface area contributed by atoms with Crippen LogP contribution in [0.25, 0.3) is 0 Å². The SMILES string of the molecule is Cc1ccc(Br)c(C(=O)NC2(C#N)CCCCC2)c1. The molecule has 1 aliphatic carbocycles. The lowest BCUT2D eigenvalue weighted by molar-refractivity contribution is 0.0902. The van der Waals surface area contributed by atoms with Gasteiger partial charge >= 0.3 is 0 Å². The second kappa shape index (κ2) is 5.75. The molecule has 1 aliphatic rings. The molecule has 0 unspecified atom stereocenters. The maximum atomic E-state index is 12.4. The third-order valence-electron chi connectivity index (χ3n) is 3.64. The van der Waals surface area contributed by atoms with Crippen molar-refractivity contribution in [2.45, 2.75) is 44.6 Å². The van der Waals surface area contributed by atoms with Crippen LogP contribution in [-0.2, 0) is 0 Å². The molecule has 1 aromatic carbocycles. The fourth-order valence-corrected chi connectivity index (χ4v) is 2.94. The van der Waals surface area contributed by atoms with Crippen molar-refractivity contribution in [1.82, 2.24) is 5.32 Å². The maximum absolute atomic E-state index is 12.4. The van der Waals surface area contributed by atoms with Gasteiger partial charge in [0.25, 0.3) is 5.91 Å². The summed E-state index contributed by atoms with van der Waals surface area (Å²) in [6, 6.07) is 7.96. The smallest absolute Gasteiger partial charge is 0.253 e. The fraction of sp³-hybridized carbons (Fsp3) is 0.467. The molecule has 0 spiro atoms. The third kappa shape index (κ3) is 3.16. The van der Waals surface area contributed by atoms with Crippen LogP contribution in [0.15, 0.2) is 22.7 Å². The summed E-state index contributed by atoms with van der Waals surface area (Å²) < 4.78 is 0.763. The summed E-state index contributed by atoms with van der Waals surface area (Å²) in [6.45, 7) is 1.95. The monoisotopic (exact) mass is 320 g/mol. The summed E-state index contributed by atoms with van der Waals surface area (Å²) in [6.07, 6.45) is 4.65. The highest BCUT2D eigenvalue weighted by atomic mass is 79.9. The molecule has 3 nitrogen and oxygen atoms in total. The van der Waals surface area contributed by atoms with Gasteiger partial charge in [-0.25, -0.2) is 0 Å². The number of hydrogen-bond acceptors (Lipinski definition) is 2. The zero-order valence-electron chi connectivity index (χ0n) is 11.0. The quantitative estimate of drug-likeness (QED) is 0.903. The van der Waals surface area contributed by atoms with Crippen LogP contribution in [0.5, 0.6) is 0 Å². The Kier molecular flexibility index (Phi) is 4.26. The second-order valence-electron chi connectivity index (χ2n) is 5.19. The first kappa shape index (κ1) is 14.1. The van der Waals surface area contributed by atoms with E-state index in [1.54, 1.807) is 0 Å². The number of rotatable bonds is 2. The van der Waals surface area contributed by atoms with Crippen LogP contribution in [0.2, 0.25) is 0 Å². The van der Waals surface area contributed by atoms with Crippen molar-refractivity contribution in [3.63, 3.8) is 0 Å². The molecule has 0 bridgehead atoms. The number of hydrogen-bond donors (Lipinski definition) is 1. The standard InChI is InChI=1S/C15H17BrN2O/c1-11-5-6-13(16)12(9-11)14(19)18-15(10-17)7-3-2-4-8-15/h5-6,9H,2-4,7-8H2,1H3,(H,18,19).